The van der Waals surface area contributed by atoms with Crippen LogP contribution < -0.4 is 0 Å². The van der Waals surface area contributed by atoms with Gasteiger partial charge in [-0.25, -0.2) is 0 Å². The largest absolute Gasteiger partial charge is 0.385 e. The number of hydrogen-bond donors (Lipinski definition) is 1. The molecule has 0 heterocycles. The highest BCUT2D eigenvalue weighted by atomic mass is 35.5. The van der Waals surface area contributed by atoms with Crippen LogP contribution in [-0.4, -0.2) is 5.11 Å². The lowest BCUT2D eigenvalue weighted by atomic mass is 9.67. The molecular weight excluding hydrogens is 255 g/mol. The summed E-state index contributed by atoms with van der Waals surface area (Å²) in [4.78, 5) is 0. The molecule has 0 amide bonds. The Hall–Kier alpha value is -0.240. The van der Waals surface area contributed by atoms with E-state index in [0.717, 1.165) is 18.4 Å². The van der Waals surface area contributed by atoms with E-state index in [1.165, 1.54) is 6.42 Å². The summed E-state index contributed by atoms with van der Waals surface area (Å²) in [5.74, 6) is 0.705. The first-order chi connectivity index (χ1) is 7.95. The number of benzene rings is 1. The lowest BCUT2D eigenvalue weighted by Crippen LogP contribution is -2.40. The molecule has 2 rings (SSSR count). The van der Waals surface area contributed by atoms with Crippen molar-refractivity contribution < 1.29 is 5.11 Å². The van der Waals surface area contributed by atoms with Crippen molar-refractivity contribution in [3.8, 4) is 0 Å². The fourth-order valence-electron chi connectivity index (χ4n) is 2.85. The highest BCUT2D eigenvalue weighted by Gasteiger charge is 2.42. The van der Waals surface area contributed by atoms with Crippen LogP contribution in [0.4, 0.5) is 0 Å². The van der Waals surface area contributed by atoms with Gasteiger partial charge in [0.15, 0.2) is 0 Å². The van der Waals surface area contributed by atoms with Crippen molar-refractivity contribution in [3.05, 3.63) is 33.8 Å². The molecule has 94 valence electrons. The van der Waals surface area contributed by atoms with E-state index < -0.39 is 5.60 Å². The van der Waals surface area contributed by atoms with Gasteiger partial charge in [0, 0.05) is 15.6 Å². The van der Waals surface area contributed by atoms with Gasteiger partial charge in [0.1, 0.15) is 0 Å². The number of aliphatic hydroxyl groups is 1. The average molecular weight is 273 g/mol. The molecule has 1 aliphatic carbocycles. The third-order valence-corrected chi connectivity index (χ3v) is 4.78. The van der Waals surface area contributed by atoms with Crippen LogP contribution in [0.2, 0.25) is 10.0 Å². The minimum absolute atomic E-state index is 0.201. The Kier molecular flexibility index (Phi) is 3.72. The molecule has 17 heavy (non-hydrogen) atoms. The smallest absolute Gasteiger partial charge is 0.0939 e. The van der Waals surface area contributed by atoms with Crippen LogP contribution in [0.5, 0.6) is 0 Å². The van der Waals surface area contributed by atoms with Crippen LogP contribution in [0.3, 0.4) is 0 Å². The molecule has 3 heteroatoms. The van der Waals surface area contributed by atoms with E-state index in [1.54, 1.807) is 18.2 Å². The van der Waals surface area contributed by atoms with Gasteiger partial charge in [0.05, 0.1) is 5.60 Å². The summed E-state index contributed by atoms with van der Waals surface area (Å²) in [5, 5.41) is 12.2. The molecule has 1 fully saturated rings. The van der Waals surface area contributed by atoms with E-state index in [1.807, 2.05) is 0 Å². The molecule has 0 aromatic heterocycles. The minimum Gasteiger partial charge on any atom is -0.385 e. The van der Waals surface area contributed by atoms with Gasteiger partial charge >= 0.3 is 0 Å². The highest BCUT2D eigenvalue weighted by Crippen LogP contribution is 2.46. The molecule has 3 atom stereocenters. The van der Waals surface area contributed by atoms with Crippen molar-refractivity contribution in [3.63, 3.8) is 0 Å². The summed E-state index contributed by atoms with van der Waals surface area (Å²) in [6.45, 7) is 4.29. The van der Waals surface area contributed by atoms with Gasteiger partial charge in [0.2, 0.25) is 0 Å². The summed E-state index contributed by atoms with van der Waals surface area (Å²) in [6.07, 6.45) is 2.96. The fraction of sp³-hybridized carbons (Fsp3) is 0.571. The molecule has 1 saturated carbocycles. The molecule has 1 nitrogen and oxygen atoms in total. The van der Waals surface area contributed by atoms with Crippen molar-refractivity contribution in [1.82, 2.24) is 0 Å². The van der Waals surface area contributed by atoms with Crippen LogP contribution in [0.15, 0.2) is 18.2 Å². The molecule has 3 unspecified atom stereocenters. The molecule has 1 N–H and O–H groups in total. The van der Waals surface area contributed by atoms with E-state index in [2.05, 4.69) is 13.8 Å². The summed E-state index contributed by atoms with van der Waals surface area (Å²) >= 11 is 12.2. The molecule has 1 aromatic rings. The Balaban J connectivity index is 2.46. The molecule has 0 bridgehead atoms. The topological polar surface area (TPSA) is 20.2 Å². The van der Waals surface area contributed by atoms with E-state index in [-0.39, 0.29) is 5.92 Å². The molecule has 0 aliphatic heterocycles. The standard InChI is InChI=1S/C14H18Cl2O/c1-9-4-3-7-14(17,10(9)2)12-8-11(15)5-6-13(12)16/h5-6,8-10,17H,3-4,7H2,1-2H3. The summed E-state index contributed by atoms with van der Waals surface area (Å²) < 4.78 is 0. The van der Waals surface area contributed by atoms with E-state index in [9.17, 15) is 5.11 Å². The first kappa shape index (κ1) is 13.2. The molecule has 1 aliphatic rings. The van der Waals surface area contributed by atoms with Crippen molar-refractivity contribution in [2.75, 3.05) is 0 Å². The summed E-state index contributed by atoms with van der Waals surface area (Å²) in [6, 6.07) is 5.33. The predicted molar refractivity (Wildman–Crippen MR) is 72.5 cm³/mol. The van der Waals surface area contributed by atoms with Crippen molar-refractivity contribution in [2.45, 2.75) is 38.7 Å². The van der Waals surface area contributed by atoms with Crippen LogP contribution in [0.1, 0.15) is 38.7 Å². The van der Waals surface area contributed by atoms with Crippen LogP contribution in [0.25, 0.3) is 0 Å². The maximum absolute atomic E-state index is 10.9. The summed E-state index contributed by atoms with van der Waals surface area (Å²) in [7, 11) is 0. The van der Waals surface area contributed by atoms with Gasteiger partial charge < -0.3 is 5.11 Å². The molecule has 1 aromatic carbocycles. The maximum atomic E-state index is 10.9. The molecule has 0 spiro atoms. The molecular formula is C14H18Cl2O. The van der Waals surface area contributed by atoms with Crippen molar-refractivity contribution in [1.29, 1.82) is 0 Å². The normalized spacial score (nSPS) is 33.7. The zero-order valence-corrected chi connectivity index (χ0v) is 11.7. The average Bonchev–Trinajstić information content (AvgIpc) is 2.29. The van der Waals surface area contributed by atoms with Gasteiger partial charge in [0.25, 0.3) is 0 Å². The first-order valence-electron chi connectivity index (χ1n) is 6.13. The third-order valence-electron chi connectivity index (χ3n) is 4.22. The maximum Gasteiger partial charge on any atom is 0.0939 e. The lowest BCUT2D eigenvalue weighted by Gasteiger charge is -2.42. The second-order valence-electron chi connectivity index (χ2n) is 5.21. The summed E-state index contributed by atoms with van der Waals surface area (Å²) in [5.41, 5.74) is -0.0506. The van der Waals surface area contributed by atoms with Crippen molar-refractivity contribution in [2.24, 2.45) is 11.8 Å². The van der Waals surface area contributed by atoms with Crippen LogP contribution in [0, 0.1) is 11.8 Å². The third kappa shape index (κ3) is 2.33. The Morgan fingerprint density at radius 3 is 2.71 bits per heavy atom. The Labute approximate surface area is 113 Å². The van der Waals surface area contributed by atoms with Gasteiger partial charge in [-0.3, -0.25) is 0 Å². The molecule has 0 saturated heterocycles. The zero-order valence-electron chi connectivity index (χ0n) is 10.2. The van der Waals surface area contributed by atoms with Crippen LogP contribution in [-0.2, 0) is 5.60 Å². The number of hydrogen-bond acceptors (Lipinski definition) is 1. The quantitative estimate of drug-likeness (QED) is 0.790. The van der Waals surface area contributed by atoms with E-state index in [4.69, 9.17) is 23.2 Å². The second kappa shape index (κ2) is 4.79. The van der Waals surface area contributed by atoms with E-state index >= 15 is 0 Å². The number of halogens is 2. The Morgan fingerprint density at radius 1 is 1.29 bits per heavy atom. The Morgan fingerprint density at radius 2 is 2.00 bits per heavy atom. The predicted octanol–water partition coefficient (Wildman–Crippen LogP) is 4.64. The van der Waals surface area contributed by atoms with Crippen LogP contribution >= 0.6 is 23.2 Å². The monoisotopic (exact) mass is 272 g/mol. The van der Waals surface area contributed by atoms with Gasteiger partial charge in [-0.05, 0) is 42.9 Å². The van der Waals surface area contributed by atoms with Gasteiger partial charge in [-0.15, -0.1) is 0 Å². The molecule has 0 radical (unpaired) electrons. The van der Waals surface area contributed by atoms with Gasteiger partial charge in [-0.1, -0.05) is 43.5 Å². The SMILES string of the molecule is CC1CCCC(O)(c2cc(Cl)ccc2Cl)C1C. The van der Waals surface area contributed by atoms with E-state index in [0.29, 0.717) is 16.0 Å². The first-order valence-corrected chi connectivity index (χ1v) is 6.88. The second-order valence-corrected chi connectivity index (χ2v) is 6.05. The van der Waals surface area contributed by atoms with Gasteiger partial charge in [-0.2, -0.15) is 0 Å². The van der Waals surface area contributed by atoms with Crippen molar-refractivity contribution >= 4 is 23.2 Å². The highest BCUT2D eigenvalue weighted by molar-refractivity contribution is 6.33. The number of rotatable bonds is 1. The lowest BCUT2D eigenvalue weighted by molar-refractivity contribution is -0.0687. The minimum atomic E-state index is -0.834. The Bertz CT molecular complexity index is 419. The zero-order chi connectivity index (χ0) is 12.6. The fourth-order valence-corrected chi connectivity index (χ4v) is 3.30.